The Morgan fingerprint density at radius 2 is 2.83 bits per heavy atom. The van der Waals surface area contributed by atoms with Crippen molar-refractivity contribution in [2.24, 2.45) is 0 Å². The molecule has 1 heterocycles. The first-order chi connectivity index (χ1) is 2.89. The van der Waals surface area contributed by atoms with Gasteiger partial charge in [-0.1, -0.05) is 0 Å². The van der Waals surface area contributed by atoms with E-state index < -0.39 is 0 Å². The van der Waals surface area contributed by atoms with Crippen molar-refractivity contribution >= 4 is 22.6 Å². The molecule has 6 heavy (non-hydrogen) atoms. The van der Waals surface area contributed by atoms with E-state index in [-0.39, 0.29) is 0 Å². The number of hydrogen-bond donors (Lipinski definition) is 0. The Morgan fingerprint density at radius 3 is 3.00 bits per heavy atom. The molecular weight excluding hydrogens is 193 g/mol. The zero-order valence-corrected chi connectivity index (χ0v) is 4.97. The standard InChI is InChI=1S/C3HINO/c4-3-1-6-2-5-3/h2H. The van der Waals surface area contributed by atoms with Crippen LogP contribution in [0.5, 0.6) is 0 Å². The Balaban J connectivity index is 3.05. The minimum Gasteiger partial charge on any atom is -0.439 e. The highest BCUT2D eigenvalue weighted by Crippen LogP contribution is 1.94. The lowest BCUT2D eigenvalue weighted by molar-refractivity contribution is 0.548. The molecule has 1 rings (SSSR count). The van der Waals surface area contributed by atoms with Gasteiger partial charge in [0.05, 0.1) is 0 Å². The van der Waals surface area contributed by atoms with E-state index in [9.17, 15) is 0 Å². The number of hydrogen-bond acceptors (Lipinski definition) is 2. The van der Waals surface area contributed by atoms with Gasteiger partial charge in [-0.25, -0.2) is 4.98 Å². The molecule has 0 saturated carbocycles. The molecule has 31 valence electrons. The van der Waals surface area contributed by atoms with Crippen molar-refractivity contribution in [3.63, 3.8) is 0 Å². The van der Waals surface area contributed by atoms with E-state index >= 15 is 0 Å². The summed E-state index contributed by atoms with van der Waals surface area (Å²) in [6, 6.07) is 0. The van der Waals surface area contributed by atoms with Gasteiger partial charge in [-0.2, -0.15) is 0 Å². The molecule has 0 amide bonds. The predicted octanol–water partition coefficient (Wildman–Crippen LogP) is 1.08. The Morgan fingerprint density at radius 1 is 2.00 bits per heavy atom. The van der Waals surface area contributed by atoms with Gasteiger partial charge in [0.1, 0.15) is 0 Å². The Hall–Kier alpha value is -0.0600. The van der Waals surface area contributed by atoms with Crippen molar-refractivity contribution < 1.29 is 4.42 Å². The summed E-state index contributed by atoms with van der Waals surface area (Å²) in [6.45, 7) is 0. The second kappa shape index (κ2) is 1.59. The normalized spacial score (nSPS) is 8.83. The quantitative estimate of drug-likeness (QED) is 0.577. The largest absolute Gasteiger partial charge is 0.439 e. The maximum atomic E-state index is 4.47. The summed E-state index contributed by atoms with van der Waals surface area (Å²) in [4.78, 5) is 3.68. The third-order valence-electron chi connectivity index (χ3n) is 0.362. The van der Waals surface area contributed by atoms with Gasteiger partial charge in [-0.05, 0) is 22.6 Å². The predicted molar refractivity (Wildman–Crippen MR) is 28.1 cm³/mol. The van der Waals surface area contributed by atoms with E-state index in [0.717, 1.165) is 3.70 Å². The Bertz CT molecular complexity index is 114. The zero-order chi connectivity index (χ0) is 4.41. The molecular formula is C3HINO. The second-order valence-electron chi connectivity index (χ2n) is 0.745. The Kier molecular flexibility index (Phi) is 1.09. The van der Waals surface area contributed by atoms with Crippen molar-refractivity contribution in [2.45, 2.75) is 0 Å². The average molecular weight is 194 g/mol. The molecule has 0 fully saturated rings. The van der Waals surface area contributed by atoms with Gasteiger partial charge in [0.25, 0.3) is 0 Å². The van der Waals surface area contributed by atoms with E-state index in [1.54, 1.807) is 0 Å². The molecule has 0 aromatic carbocycles. The SMILES string of the molecule is Ic1[c]ocn1. The molecule has 1 aromatic rings. The molecule has 0 spiro atoms. The van der Waals surface area contributed by atoms with Crippen molar-refractivity contribution in [1.82, 2.24) is 4.98 Å². The first-order valence-corrected chi connectivity index (χ1v) is 2.44. The van der Waals surface area contributed by atoms with Crippen LogP contribution in [0.1, 0.15) is 0 Å². The topological polar surface area (TPSA) is 26.0 Å². The molecule has 1 aromatic heterocycles. The van der Waals surface area contributed by atoms with E-state index in [0.29, 0.717) is 0 Å². The summed E-state index contributed by atoms with van der Waals surface area (Å²) in [5.74, 6) is 0. The Labute approximate surface area is 48.7 Å². The first-order valence-electron chi connectivity index (χ1n) is 1.36. The zero-order valence-electron chi connectivity index (χ0n) is 2.81. The van der Waals surface area contributed by atoms with Crippen molar-refractivity contribution in [1.29, 1.82) is 0 Å². The van der Waals surface area contributed by atoms with Crippen molar-refractivity contribution in [2.75, 3.05) is 0 Å². The van der Waals surface area contributed by atoms with Gasteiger partial charge in [-0.15, -0.1) is 0 Å². The fourth-order valence-electron chi connectivity index (χ4n) is 0.174. The number of nitrogens with zero attached hydrogens (tertiary/aromatic N) is 1. The smallest absolute Gasteiger partial charge is 0.205 e. The van der Waals surface area contributed by atoms with Crippen LogP contribution in [-0.2, 0) is 0 Å². The lowest BCUT2D eigenvalue weighted by atomic mass is 11.0. The van der Waals surface area contributed by atoms with Crippen LogP contribution in [0.3, 0.4) is 0 Å². The lowest BCUT2D eigenvalue weighted by Crippen LogP contribution is -1.58. The highest BCUT2D eigenvalue weighted by atomic mass is 127. The van der Waals surface area contributed by atoms with Crippen molar-refractivity contribution in [3.8, 4) is 0 Å². The molecule has 0 saturated heterocycles. The molecule has 0 unspecified atom stereocenters. The van der Waals surface area contributed by atoms with Gasteiger partial charge >= 0.3 is 0 Å². The van der Waals surface area contributed by atoms with Crippen LogP contribution in [0.4, 0.5) is 0 Å². The van der Waals surface area contributed by atoms with Gasteiger partial charge in [0.2, 0.25) is 6.26 Å². The van der Waals surface area contributed by atoms with Crippen LogP contribution >= 0.6 is 22.6 Å². The average Bonchev–Trinajstić information content (AvgIpc) is 1.86. The first kappa shape index (κ1) is 4.11. The molecule has 2 nitrogen and oxygen atoms in total. The number of rotatable bonds is 0. The summed E-state index contributed by atoms with van der Waals surface area (Å²) in [6.07, 6.45) is 3.85. The van der Waals surface area contributed by atoms with Gasteiger partial charge in [-0.3, -0.25) is 0 Å². The summed E-state index contributed by atoms with van der Waals surface area (Å²) >= 11 is 2.01. The number of aromatic nitrogens is 1. The van der Waals surface area contributed by atoms with Crippen LogP contribution in [-0.4, -0.2) is 4.98 Å². The number of oxazole rings is 1. The second-order valence-corrected chi connectivity index (χ2v) is 1.77. The molecule has 3 heteroatoms. The minimum absolute atomic E-state index is 0.771. The van der Waals surface area contributed by atoms with Gasteiger partial charge in [0.15, 0.2) is 10.1 Å². The number of halogens is 1. The summed E-state index contributed by atoms with van der Waals surface area (Å²) in [7, 11) is 0. The summed E-state index contributed by atoms with van der Waals surface area (Å²) in [5.41, 5.74) is 0. The maximum absolute atomic E-state index is 4.47. The van der Waals surface area contributed by atoms with E-state index in [4.69, 9.17) is 0 Å². The lowest BCUT2D eigenvalue weighted by Gasteiger charge is -1.57. The van der Waals surface area contributed by atoms with Crippen LogP contribution in [0, 0.1) is 9.96 Å². The fourth-order valence-corrected chi connectivity index (χ4v) is 0.415. The van der Waals surface area contributed by atoms with Crippen LogP contribution in [0.2, 0.25) is 0 Å². The molecule has 0 atom stereocenters. The molecule has 0 aliphatic heterocycles. The van der Waals surface area contributed by atoms with E-state index in [2.05, 4.69) is 15.7 Å². The highest BCUT2D eigenvalue weighted by Gasteiger charge is 1.82. The molecule has 1 radical (unpaired) electrons. The van der Waals surface area contributed by atoms with Crippen LogP contribution in [0.25, 0.3) is 0 Å². The van der Waals surface area contributed by atoms with Gasteiger partial charge < -0.3 is 4.42 Å². The third-order valence-corrected chi connectivity index (χ3v) is 0.861. The molecule has 0 bridgehead atoms. The van der Waals surface area contributed by atoms with Gasteiger partial charge in [0, 0.05) is 0 Å². The fraction of sp³-hybridized carbons (Fsp3) is 0. The molecule has 0 aliphatic rings. The maximum Gasteiger partial charge on any atom is 0.205 e. The van der Waals surface area contributed by atoms with Crippen LogP contribution in [0.15, 0.2) is 10.8 Å². The van der Waals surface area contributed by atoms with E-state index in [1.165, 1.54) is 6.39 Å². The summed E-state index contributed by atoms with van der Waals surface area (Å²) in [5, 5.41) is 0. The van der Waals surface area contributed by atoms with Crippen LogP contribution < -0.4 is 0 Å². The minimum atomic E-state index is 0.771. The van der Waals surface area contributed by atoms with E-state index in [1.807, 2.05) is 22.6 Å². The highest BCUT2D eigenvalue weighted by molar-refractivity contribution is 14.1. The molecule has 0 aliphatic carbocycles. The molecule has 0 N–H and O–H groups in total. The third kappa shape index (κ3) is 0.707. The monoisotopic (exact) mass is 194 g/mol. The van der Waals surface area contributed by atoms with Crippen molar-refractivity contribution in [3.05, 3.63) is 16.4 Å². The summed E-state index contributed by atoms with van der Waals surface area (Å²) < 4.78 is 5.24.